The van der Waals surface area contributed by atoms with E-state index in [1.165, 1.54) is 0 Å². The molecule has 0 bridgehead atoms. The second-order valence-corrected chi connectivity index (χ2v) is 5.64. The second-order valence-electron chi connectivity index (χ2n) is 5.64. The van der Waals surface area contributed by atoms with E-state index in [1.807, 2.05) is 42.6 Å². The molecule has 1 heterocycles. The zero-order chi connectivity index (χ0) is 16.4. The minimum Gasteiger partial charge on any atom is -0.496 e. The van der Waals surface area contributed by atoms with E-state index in [1.54, 1.807) is 7.11 Å². The van der Waals surface area contributed by atoms with Crippen molar-refractivity contribution < 1.29 is 4.74 Å². The summed E-state index contributed by atoms with van der Waals surface area (Å²) in [6.07, 6.45) is 1.91. The van der Waals surface area contributed by atoms with Crippen LogP contribution in [0.1, 0.15) is 0 Å². The van der Waals surface area contributed by atoms with Gasteiger partial charge >= 0.3 is 0 Å². The van der Waals surface area contributed by atoms with Gasteiger partial charge in [0.15, 0.2) is 0 Å². The maximum atomic E-state index is 5.52. The topological polar surface area (TPSA) is 22.1 Å². The molecule has 2 nitrogen and oxygen atoms in total. The van der Waals surface area contributed by atoms with Crippen LogP contribution in [-0.4, -0.2) is 12.1 Å². The van der Waals surface area contributed by atoms with Crippen LogP contribution < -0.4 is 4.74 Å². The molecule has 116 valence electrons. The van der Waals surface area contributed by atoms with Gasteiger partial charge in [-0.05, 0) is 17.0 Å². The highest BCUT2D eigenvalue weighted by molar-refractivity contribution is 6.04. The number of nitrogens with zero attached hydrogens (tertiary/aromatic N) is 1. The van der Waals surface area contributed by atoms with Crippen LogP contribution in [-0.2, 0) is 0 Å². The molecule has 2 heteroatoms. The molecule has 3 aromatic carbocycles. The highest BCUT2D eigenvalue weighted by atomic mass is 16.5. The van der Waals surface area contributed by atoms with Gasteiger partial charge in [-0.25, -0.2) is 0 Å². The van der Waals surface area contributed by atoms with Gasteiger partial charge in [0.25, 0.3) is 0 Å². The molecule has 0 saturated heterocycles. The summed E-state index contributed by atoms with van der Waals surface area (Å²) in [6.45, 7) is 0. The van der Waals surface area contributed by atoms with E-state index < -0.39 is 0 Å². The van der Waals surface area contributed by atoms with E-state index in [0.29, 0.717) is 0 Å². The Balaban J connectivity index is 2.10. The minimum atomic E-state index is 0.844. The number of hydrogen-bond acceptors (Lipinski definition) is 2. The number of pyridine rings is 1. The van der Waals surface area contributed by atoms with Gasteiger partial charge in [0.2, 0.25) is 0 Å². The third-order valence-electron chi connectivity index (χ3n) is 4.22. The van der Waals surface area contributed by atoms with Gasteiger partial charge in [-0.15, -0.1) is 0 Å². The predicted molar refractivity (Wildman–Crippen MR) is 99.2 cm³/mol. The molecule has 4 rings (SSSR count). The first kappa shape index (κ1) is 14.5. The number of methoxy groups -OCH3 is 1. The smallest absolute Gasteiger partial charge is 0.128 e. The van der Waals surface area contributed by atoms with Crippen LogP contribution in [0, 0.1) is 0 Å². The number of rotatable bonds is 3. The standard InChI is InChI=1S/C22H17NO/c1-24-20-14-8-13-18-19(20)15-23-22(17-11-6-3-7-12-17)21(18)16-9-4-2-5-10-16/h2-15H,1H3. The lowest BCUT2D eigenvalue weighted by Gasteiger charge is -2.14. The monoisotopic (exact) mass is 311 g/mol. The highest BCUT2D eigenvalue weighted by Crippen LogP contribution is 2.38. The number of aromatic nitrogens is 1. The minimum absolute atomic E-state index is 0.844. The van der Waals surface area contributed by atoms with E-state index in [4.69, 9.17) is 9.72 Å². The van der Waals surface area contributed by atoms with Crippen molar-refractivity contribution in [3.8, 4) is 28.1 Å². The van der Waals surface area contributed by atoms with Crippen molar-refractivity contribution in [1.82, 2.24) is 4.98 Å². The third-order valence-corrected chi connectivity index (χ3v) is 4.22. The molecule has 0 fully saturated rings. The molecule has 0 amide bonds. The van der Waals surface area contributed by atoms with Crippen LogP contribution in [0.4, 0.5) is 0 Å². The van der Waals surface area contributed by atoms with Crippen LogP contribution in [0.15, 0.2) is 85.1 Å². The van der Waals surface area contributed by atoms with E-state index in [9.17, 15) is 0 Å². The lowest BCUT2D eigenvalue weighted by molar-refractivity contribution is 0.419. The molecule has 0 radical (unpaired) electrons. The number of benzene rings is 3. The SMILES string of the molecule is COc1cccc2c(-c3ccccc3)c(-c3ccccc3)ncc12. The van der Waals surface area contributed by atoms with Gasteiger partial charge in [-0.2, -0.15) is 0 Å². The van der Waals surface area contributed by atoms with Crippen molar-refractivity contribution in [2.45, 2.75) is 0 Å². The summed E-state index contributed by atoms with van der Waals surface area (Å²) < 4.78 is 5.52. The number of ether oxygens (including phenoxy) is 1. The molecule has 0 atom stereocenters. The maximum Gasteiger partial charge on any atom is 0.128 e. The Morgan fingerprint density at radius 2 is 1.33 bits per heavy atom. The van der Waals surface area contributed by atoms with Crippen molar-refractivity contribution >= 4 is 10.8 Å². The van der Waals surface area contributed by atoms with Crippen LogP contribution >= 0.6 is 0 Å². The normalized spacial score (nSPS) is 10.7. The highest BCUT2D eigenvalue weighted by Gasteiger charge is 2.14. The summed E-state index contributed by atoms with van der Waals surface area (Å²) >= 11 is 0. The van der Waals surface area contributed by atoms with Gasteiger partial charge < -0.3 is 4.74 Å². The second kappa shape index (κ2) is 6.17. The quantitative estimate of drug-likeness (QED) is 0.493. The lowest BCUT2D eigenvalue weighted by Crippen LogP contribution is -1.93. The first-order chi connectivity index (χ1) is 11.9. The first-order valence-electron chi connectivity index (χ1n) is 7.95. The van der Waals surface area contributed by atoms with Gasteiger partial charge in [0.05, 0.1) is 12.8 Å². The molecule has 0 saturated carbocycles. The van der Waals surface area contributed by atoms with Crippen molar-refractivity contribution in [3.63, 3.8) is 0 Å². The van der Waals surface area contributed by atoms with Crippen molar-refractivity contribution in [1.29, 1.82) is 0 Å². The predicted octanol–water partition coefficient (Wildman–Crippen LogP) is 5.58. The summed E-state index contributed by atoms with van der Waals surface area (Å²) in [4.78, 5) is 4.78. The average Bonchev–Trinajstić information content (AvgIpc) is 2.68. The average molecular weight is 311 g/mol. The van der Waals surface area contributed by atoms with Crippen LogP contribution in [0.2, 0.25) is 0 Å². The molecule has 0 N–H and O–H groups in total. The first-order valence-corrected chi connectivity index (χ1v) is 7.95. The van der Waals surface area contributed by atoms with Crippen LogP contribution in [0.3, 0.4) is 0 Å². The number of fused-ring (bicyclic) bond motifs is 1. The Morgan fingerprint density at radius 3 is 2.00 bits per heavy atom. The van der Waals surface area contributed by atoms with Crippen molar-refractivity contribution in [2.75, 3.05) is 7.11 Å². The third kappa shape index (κ3) is 2.42. The Labute approximate surface area is 141 Å². The van der Waals surface area contributed by atoms with E-state index in [-0.39, 0.29) is 0 Å². The van der Waals surface area contributed by atoms with E-state index in [2.05, 4.69) is 42.5 Å². The summed E-state index contributed by atoms with van der Waals surface area (Å²) in [6, 6.07) is 26.8. The molecule has 0 aliphatic carbocycles. The van der Waals surface area contributed by atoms with E-state index in [0.717, 1.165) is 38.9 Å². The zero-order valence-corrected chi connectivity index (χ0v) is 13.4. The molecule has 4 aromatic rings. The number of hydrogen-bond donors (Lipinski definition) is 0. The molecule has 0 spiro atoms. The largest absolute Gasteiger partial charge is 0.496 e. The van der Waals surface area contributed by atoms with E-state index >= 15 is 0 Å². The fourth-order valence-corrected chi connectivity index (χ4v) is 3.11. The fraction of sp³-hybridized carbons (Fsp3) is 0.0455. The summed E-state index contributed by atoms with van der Waals surface area (Å²) in [7, 11) is 1.70. The molecular weight excluding hydrogens is 294 g/mol. The molecule has 0 aliphatic heterocycles. The van der Waals surface area contributed by atoms with Crippen molar-refractivity contribution in [3.05, 3.63) is 85.1 Å². The zero-order valence-electron chi connectivity index (χ0n) is 13.4. The van der Waals surface area contributed by atoms with Crippen LogP contribution in [0.5, 0.6) is 5.75 Å². The summed E-state index contributed by atoms with van der Waals surface area (Å²) in [5.41, 5.74) is 4.39. The molecule has 0 unspecified atom stereocenters. The molecule has 0 aliphatic rings. The van der Waals surface area contributed by atoms with Crippen molar-refractivity contribution in [2.24, 2.45) is 0 Å². The Bertz CT molecular complexity index is 979. The van der Waals surface area contributed by atoms with Gasteiger partial charge in [0.1, 0.15) is 5.75 Å². The summed E-state index contributed by atoms with van der Waals surface area (Å²) in [5, 5.41) is 2.17. The van der Waals surface area contributed by atoms with Gasteiger partial charge in [-0.1, -0.05) is 72.8 Å². The molecule has 1 aromatic heterocycles. The lowest BCUT2D eigenvalue weighted by atomic mass is 9.94. The fourth-order valence-electron chi connectivity index (χ4n) is 3.11. The van der Waals surface area contributed by atoms with Gasteiger partial charge in [0, 0.05) is 22.7 Å². The van der Waals surface area contributed by atoms with Crippen LogP contribution in [0.25, 0.3) is 33.2 Å². The Kier molecular flexibility index (Phi) is 3.72. The van der Waals surface area contributed by atoms with Gasteiger partial charge in [-0.3, -0.25) is 4.98 Å². The maximum absolute atomic E-state index is 5.52. The molecular formula is C22H17NO. The Morgan fingerprint density at radius 1 is 0.667 bits per heavy atom. The molecule has 24 heavy (non-hydrogen) atoms. The summed E-state index contributed by atoms with van der Waals surface area (Å²) in [5.74, 6) is 0.844. The Hall–Kier alpha value is -3.13.